The Morgan fingerprint density at radius 2 is 1.75 bits per heavy atom. The van der Waals surface area contributed by atoms with Crippen molar-refractivity contribution < 1.29 is 28.3 Å². The lowest BCUT2D eigenvalue weighted by atomic mass is 9.98. The summed E-state index contributed by atoms with van der Waals surface area (Å²) in [4.78, 5) is 52.6. The summed E-state index contributed by atoms with van der Waals surface area (Å²) in [6.07, 6.45) is 1.67. The van der Waals surface area contributed by atoms with E-state index in [2.05, 4.69) is 15.9 Å². The van der Waals surface area contributed by atoms with Gasteiger partial charge in [-0.1, -0.05) is 41.4 Å². The number of carbonyl (C=O) groups is 3. The number of rotatable bonds is 9. The third kappa shape index (κ3) is 5.22. The molecule has 204 valence electrons. The number of benzene rings is 3. The second kappa shape index (κ2) is 11.4. The quantitative estimate of drug-likeness (QED) is 0.207. The van der Waals surface area contributed by atoms with E-state index in [1.165, 1.54) is 4.90 Å². The molecule has 0 bridgehead atoms. The first kappa shape index (κ1) is 27.1. The summed E-state index contributed by atoms with van der Waals surface area (Å²) in [5.41, 5.74) is 6.75. The SMILES string of the molecule is CCCCOC(=O)c1ccc(N2C(=O)c3oc4ccc(Br)cc4c(=O)c3C2c2ccc(OCC(N)=O)cc2)cc1. The minimum atomic E-state index is -0.824. The van der Waals surface area contributed by atoms with Gasteiger partial charge in [-0.2, -0.15) is 0 Å². The van der Waals surface area contributed by atoms with E-state index in [9.17, 15) is 19.2 Å². The highest BCUT2D eigenvalue weighted by Gasteiger charge is 2.43. The van der Waals surface area contributed by atoms with Crippen molar-refractivity contribution in [1.29, 1.82) is 0 Å². The van der Waals surface area contributed by atoms with Crippen molar-refractivity contribution >= 4 is 50.4 Å². The van der Waals surface area contributed by atoms with Crippen LogP contribution in [0.4, 0.5) is 5.69 Å². The van der Waals surface area contributed by atoms with Gasteiger partial charge in [0.2, 0.25) is 5.76 Å². The summed E-state index contributed by atoms with van der Waals surface area (Å²) >= 11 is 3.40. The number of nitrogens with two attached hydrogens (primary N) is 1. The van der Waals surface area contributed by atoms with Crippen LogP contribution in [0.2, 0.25) is 0 Å². The molecule has 0 aliphatic carbocycles. The molecule has 1 atom stereocenters. The summed E-state index contributed by atoms with van der Waals surface area (Å²) in [6.45, 7) is 2.05. The van der Waals surface area contributed by atoms with Gasteiger partial charge < -0.3 is 19.6 Å². The number of hydrogen-bond donors (Lipinski definition) is 1. The topological polar surface area (TPSA) is 129 Å². The maximum Gasteiger partial charge on any atom is 0.338 e. The molecule has 10 heteroatoms. The van der Waals surface area contributed by atoms with Gasteiger partial charge in [-0.3, -0.25) is 19.3 Å². The van der Waals surface area contributed by atoms with Crippen molar-refractivity contribution in [2.24, 2.45) is 5.73 Å². The number of carbonyl (C=O) groups excluding carboxylic acids is 3. The molecule has 2 amide bonds. The Balaban J connectivity index is 1.58. The highest BCUT2D eigenvalue weighted by atomic mass is 79.9. The highest BCUT2D eigenvalue weighted by Crippen LogP contribution is 2.41. The molecule has 40 heavy (non-hydrogen) atoms. The number of halogens is 1. The monoisotopic (exact) mass is 604 g/mol. The van der Waals surface area contributed by atoms with Gasteiger partial charge in [0.15, 0.2) is 12.0 Å². The molecule has 4 aromatic rings. The molecule has 2 N–H and O–H groups in total. The van der Waals surface area contributed by atoms with Gasteiger partial charge in [0.1, 0.15) is 11.3 Å². The number of amides is 2. The summed E-state index contributed by atoms with van der Waals surface area (Å²) in [5, 5.41) is 0.333. The lowest BCUT2D eigenvalue weighted by molar-refractivity contribution is -0.119. The Kier molecular flexibility index (Phi) is 7.70. The van der Waals surface area contributed by atoms with Crippen LogP contribution >= 0.6 is 15.9 Å². The van der Waals surface area contributed by atoms with Crippen LogP contribution in [0, 0.1) is 0 Å². The van der Waals surface area contributed by atoms with Crippen LogP contribution in [-0.4, -0.2) is 31.0 Å². The van der Waals surface area contributed by atoms with E-state index in [4.69, 9.17) is 19.6 Å². The normalized spacial score (nSPS) is 14.3. The smallest absolute Gasteiger partial charge is 0.338 e. The van der Waals surface area contributed by atoms with Crippen LogP contribution < -0.4 is 20.8 Å². The zero-order chi connectivity index (χ0) is 28.4. The van der Waals surface area contributed by atoms with E-state index < -0.39 is 23.8 Å². The Morgan fingerprint density at radius 3 is 2.42 bits per heavy atom. The number of primary amides is 1. The Hall–Kier alpha value is -4.44. The second-order valence-electron chi connectivity index (χ2n) is 9.25. The van der Waals surface area contributed by atoms with E-state index in [0.717, 1.165) is 12.8 Å². The molecule has 1 aliphatic heterocycles. The van der Waals surface area contributed by atoms with Crippen LogP contribution in [0.1, 0.15) is 57.8 Å². The van der Waals surface area contributed by atoms with E-state index in [1.54, 1.807) is 66.7 Å². The predicted octanol–water partition coefficient (Wildman–Crippen LogP) is 5.13. The number of fused-ring (bicyclic) bond motifs is 2. The number of ether oxygens (including phenoxy) is 2. The molecular weight excluding hydrogens is 580 g/mol. The first-order chi connectivity index (χ1) is 19.3. The predicted molar refractivity (Wildman–Crippen MR) is 152 cm³/mol. The maximum absolute atomic E-state index is 13.8. The molecule has 2 heterocycles. The van der Waals surface area contributed by atoms with Gasteiger partial charge in [-0.05, 0) is 66.6 Å². The van der Waals surface area contributed by atoms with Crippen molar-refractivity contribution in [2.75, 3.05) is 18.1 Å². The molecule has 3 aromatic carbocycles. The van der Waals surface area contributed by atoms with Gasteiger partial charge in [0, 0.05) is 10.2 Å². The minimum absolute atomic E-state index is 0.0538. The molecule has 5 rings (SSSR count). The molecule has 9 nitrogen and oxygen atoms in total. The third-order valence-electron chi connectivity index (χ3n) is 6.52. The molecular formula is C30H25BrN2O7. The Bertz CT molecular complexity index is 1660. The zero-order valence-corrected chi connectivity index (χ0v) is 23.1. The lowest BCUT2D eigenvalue weighted by Crippen LogP contribution is -2.29. The molecule has 1 unspecified atom stereocenters. The lowest BCUT2D eigenvalue weighted by Gasteiger charge is -2.25. The van der Waals surface area contributed by atoms with Crippen LogP contribution in [0.3, 0.4) is 0 Å². The highest BCUT2D eigenvalue weighted by molar-refractivity contribution is 9.10. The average molecular weight is 605 g/mol. The number of esters is 1. The minimum Gasteiger partial charge on any atom is -0.484 e. The van der Waals surface area contributed by atoms with Gasteiger partial charge in [0.05, 0.1) is 29.2 Å². The Morgan fingerprint density at radius 1 is 1.02 bits per heavy atom. The summed E-state index contributed by atoms with van der Waals surface area (Å²) in [5.74, 6) is -1.21. The Labute approximate surface area is 237 Å². The molecule has 0 fully saturated rings. The van der Waals surface area contributed by atoms with E-state index >= 15 is 0 Å². The van der Waals surface area contributed by atoms with Crippen molar-refractivity contribution in [3.63, 3.8) is 0 Å². The fourth-order valence-electron chi connectivity index (χ4n) is 4.58. The fourth-order valence-corrected chi connectivity index (χ4v) is 4.94. The molecule has 0 saturated carbocycles. The number of hydrogen-bond acceptors (Lipinski definition) is 7. The van der Waals surface area contributed by atoms with Crippen LogP contribution in [0.25, 0.3) is 11.0 Å². The molecule has 0 saturated heterocycles. The van der Waals surface area contributed by atoms with E-state index in [0.29, 0.717) is 44.6 Å². The summed E-state index contributed by atoms with van der Waals surface area (Å²) in [6, 6.07) is 17.3. The van der Waals surface area contributed by atoms with Gasteiger partial charge >= 0.3 is 5.97 Å². The van der Waals surface area contributed by atoms with Crippen molar-refractivity contribution in [3.8, 4) is 5.75 Å². The van der Waals surface area contributed by atoms with Crippen LogP contribution in [-0.2, 0) is 9.53 Å². The van der Waals surface area contributed by atoms with Crippen molar-refractivity contribution in [3.05, 3.63) is 104 Å². The second-order valence-corrected chi connectivity index (χ2v) is 10.2. The number of unbranched alkanes of at least 4 members (excludes halogenated alkanes) is 1. The summed E-state index contributed by atoms with van der Waals surface area (Å²) in [7, 11) is 0. The molecule has 1 aromatic heterocycles. The molecule has 0 radical (unpaired) electrons. The third-order valence-corrected chi connectivity index (χ3v) is 7.01. The maximum atomic E-state index is 13.8. The van der Waals surface area contributed by atoms with Crippen molar-refractivity contribution in [2.45, 2.75) is 25.8 Å². The summed E-state index contributed by atoms with van der Waals surface area (Å²) < 4.78 is 17.4. The van der Waals surface area contributed by atoms with E-state index in [1.807, 2.05) is 6.92 Å². The van der Waals surface area contributed by atoms with Crippen molar-refractivity contribution in [1.82, 2.24) is 0 Å². The van der Waals surface area contributed by atoms with Gasteiger partial charge in [-0.25, -0.2) is 4.79 Å². The van der Waals surface area contributed by atoms with Gasteiger partial charge in [-0.15, -0.1) is 0 Å². The van der Waals surface area contributed by atoms with E-state index in [-0.39, 0.29) is 23.4 Å². The van der Waals surface area contributed by atoms with Crippen LogP contribution in [0.15, 0.2) is 80.4 Å². The largest absolute Gasteiger partial charge is 0.484 e. The zero-order valence-electron chi connectivity index (χ0n) is 21.5. The van der Waals surface area contributed by atoms with Gasteiger partial charge in [0.25, 0.3) is 11.8 Å². The molecule has 1 aliphatic rings. The average Bonchev–Trinajstić information content (AvgIpc) is 3.25. The standard InChI is InChI=1S/C30H25BrN2O7/c1-2-3-14-38-30(37)18-4-9-20(10-5-18)33-26(17-6-11-21(12-7-17)39-16-24(32)34)25-27(35)22-15-19(31)8-13-23(22)40-28(25)29(33)36/h4-13,15,26H,2-3,14,16H2,1H3,(H2,32,34). The van der Waals surface area contributed by atoms with Crippen LogP contribution in [0.5, 0.6) is 5.75 Å². The first-order valence-corrected chi connectivity index (χ1v) is 13.5. The number of anilines is 1. The number of nitrogens with zero attached hydrogens (tertiary/aromatic N) is 1. The fraction of sp³-hybridized carbons (Fsp3) is 0.200. The molecule has 0 spiro atoms. The first-order valence-electron chi connectivity index (χ1n) is 12.7.